The molecule has 1 saturated heterocycles. The van der Waals surface area contributed by atoms with Gasteiger partial charge in [-0.15, -0.1) is 0 Å². The molecule has 7 nitrogen and oxygen atoms in total. The van der Waals surface area contributed by atoms with Crippen molar-refractivity contribution in [1.82, 2.24) is 15.0 Å². The summed E-state index contributed by atoms with van der Waals surface area (Å²) in [6.45, 7) is 7.54. The van der Waals surface area contributed by atoms with Crippen molar-refractivity contribution in [2.24, 2.45) is 11.1 Å². The highest BCUT2D eigenvalue weighted by atomic mass is 35.5. The van der Waals surface area contributed by atoms with Gasteiger partial charge in [0, 0.05) is 30.8 Å². The first-order valence-corrected chi connectivity index (χ1v) is 10.3. The van der Waals surface area contributed by atoms with Crippen LogP contribution in [0.1, 0.15) is 38.1 Å². The normalized spacial score (nSPS) is 17.3. The highest BCUT2D eigenvalue weighted by Crippen LogP contribution is 2.38. The maximum absolute atomic E-state index is 9.98. The zero-order valence-electron chi connectivity index (χ0n) is 17.2. The van der Waals surface area contributed by atoms with E-state index in [4.69, 9.17) is 38.7 Å². The fourth-order valence-corrected chi connectivity index (χ4v) is 3.97. The average molecular weight is 440 g/mol. The van der Waals surface area contributed by atoms with Crippen LogP contribution in [0.5, 0.6) is 5.88 Å². The summed E-state index contributed by atoms with van der Waals surface area (Å²) in [4.78, 5) is 15.7. The molecule has 29 heavy (non-hydrogen) atoms. The van der Waals surface area contributed by atoms with E-state index >= 15 is 0 Å². The van der Waals surface area contributed by atoms with E-state index in [2.05, 4.69) is 28.7 Å². The third-order valence-corrected chi connectivity index (χ3v) is 6.69. The molecular weight excluding hydrogens is 413 g/mol. The number of nitrogens with two attached hydrogens (primary N) is 1. The van der Waals surface area contributed by atoms with Crippen LogP contribution in [0.25, 0.3) is 11.3 Å². The van der Waals surface area contributed by atoms with Crippen molar-refractivity contribution in [3.63, 3.8) is 0 Å². The van der Waals surface area contributed by atoms with Crippen molar-refractivity contribution in [2.75, 3.05) is 25.1 Å². The Morgan fingerprint density at radius 1 is 1.28 bits per heavy atom. The van der Waals surface area contributed by atoms with Gasteiger partial charge in [-0.2, -0.15) is 4.98 Å². The maximum atomic E-state index is 9.98. The number of rotatable bonds is 5. The molecular formula is C20H27Cl2N5O2. The second-order valence-corrected chi connectivity index (χ2v) is 8.57. The second kappa shape index (κ2) is 8.60. The number of ether oxygens (including phenoxy) is 1. The summed E-state index contributed by atoms with van der Waals surface area (Å²) in [5.41, 5.74) is 8.58. The zero-order valence-corrected chi connectivity index (χ0v) is 18.7. The van der Waals surface area contributed by atoms with Crippen LogP contribution in [0.4, 0.5) is 5.82 Å². The topological polar surface area (TPSA) is 97.4 Å². The number of pyridine rings is 1. The minimum atomic E-state index is -0.232. The number of anilines is 1. The summed E-state index contributed by atoms with van der Waals surface area (Å²) in [6.07, 6.45) is 1.92. The van der Waals surface area contributed by atoms with E-state index in [1.807, 2.05) is 6.92 Å². The number of halogens is 2. The van der Waals surface area contributed by atoms with E-state index in [1.165, 1.54) is 7.11 Å². The molecule has 0 aliphatic carbocycles. The molecule has 0 spiro atoms. The van der Waals surface area contributed by atoms with Gasteiger partial charge >= 0.3 is 0 Å². The number of aryl methyl sites for hydroxylation is 1. The molecule has 3 rings (SSSR count). The Kier molecular flexibility index (Phi) is 6.53. The van der Waals surface area contributed by atoms with Crippen molar-refractivity contribution < 1.29 is 9.84 Å². The molecule has 2 aromatic heterocycles. The lowest BCUT2D eigenvalue weighted by Gasteiger charge is -2.42. The first-order chi connectivity index (χ1) is 13.7. The van der Waals surface area contributed by atoms with Crippen molar-refractivity contribution in [2.45, 2.75) is 46.3 Å². The Balaban J connectivity index is 1.99. The highest BCUT2D eigenvalue weighted by Gasteiger charge is 2.34. The van der Waals surface area contributed by atoms with Gasteiger partial charge < -0.3 is 20.5 Å². The highest BCUT2D eigenvalue weighted by molar-refractivity contribution is 6.43. The van der Waals surface area contributed by atoms with Gasteiger partial charge in [0.2, 0.25) is 5.88 Å². The van der Waals surface area contributed by atoms with Gasteiger partial charge in [0.1, 0.15) is 5.69 Å². The van der Waals surface area contributed by atoms with Crippen molar-refractivity contribution in [3.8, 4) is 17.1 Å². The maximum Gasteiger partial charge on any atom is 0.215 e. The molecule has 0 saturated carbocycles. The van der Waals surface area contributed by atoms with Gasteiger partial charge in [-0.25, -0.2) is 9.97 Å². The number of hydrogen-bond acceptors (Lipinski definition) is 7. The summed E-state index contributed by atoms with van der Waals surface area (Å²) >= 11 is 12.5. The van der Waals surface area contributed by atoms with Crippen molar-refractivity contribution >= 4 is 29.0 Å². The van der Waals surface area contributed by atoms with Crippen LogP contribution < -0.4 is 15.4 Å². The number of methoxy groups -OCH3 is 1. The molecule has 1 fully saturated rings. The molecule has 0 unspecified atom stereocenters. The largest absolute Gasteiger partial charge is 0.481 e. The van der Waals surface area contributed by atoms with E-state index in [9.17, 15) is 5.11 Å². The summed E-state index contributed by atoms with van der Waals surface area (Å²) < 4.78 is 5.20. The van der Waals surface area contributed by atoms with Crippen LogP contribution in [0.2, 0.25) is 10.2 Å². The molecule has 1 aliphatic heterocycles. The number of piperidine rings is 1. The molecule has 0 aromatic carbocycles. The lowest BCUT2D eigenvalue weighted by Crippen LogP contribution is -2.47. The molecule has 3 heterocycles. The standard InChI is InChI=1S/C20H27Cl2N5O2/c1-11-17(13-9-15(29-4)26-18(22)16(13)21)25-14(10-28)19(24-11)27-7-5-20(3,6-8-27)12(2)23/h9,12,28H,5-8,10,23H2,1-4H3/t12-/m0/s1. The lowest BCUT2D eigenvalue weighted by molar-refractivity contribution is 0.204. The number of aliphatic hydroxyl groups excluding tert-OH is 1. The van der Waals surface area contributed by atoms with Crippen LogP contribution >= 0.6 is 23.2 Å². The van der Waals surface area contributed by atoms with Crippen molar-refractivity contribution in [1.29, 1.82) is 0 Å². The molecule has 2 aromatic rings. The van der Waals surface area contributed by atoms with E-state index in [0.717, 1.165) is 25.9 Å². The molecule has 0 radical (unpaired) electrons. The van der Waals surface area contributed by atoms with E-state index in [1.54, 1.807) is 6.07 Å². The summed E-state index contributed by atoms with van der Waals surface area (Å²) in [7, 11) is 1.50. The quantitative estimate of drug-likeness (QED) is 0.686. The third kappa shape index (κ3) is 4.28. The van der Waals surface area contributed by atoms with Crippen LogP contribution in [0.15, 0.2) is 6.07 Å². The van der Waals surface area contributed by atoms with Gasteiger partial charge in [0.05, 0.1) is 30.1 Å². The Morgan fingerprint density at radius 2 is 1.93 bits per heavy atom. The molecule has 1 atom stereocenters. The predicted molar refractivity (Wildman–Crippen MR) is 116 cm³/mol. The van der Waals surface area contributed by atoms with Gasteiger partial charge in [0.25, 0.3) is 0 Å². The van der Waals surface area contributed by atoms with Gasteiger partial charge in [-0.05, 0) is 32.1 Å². The summed E-state index contributed by atoms with van der Waals surface area (Å²) in [6, 6.07) is 1.80. The summed E-state index contributed by atoms with van der Waals surface area (Å²) in [5.74, 6) is 1.03. The second-order valence-electron chi connectivity index (χ2n) is 7.83. The number of aliphatic hydroxyl groups is 1. The Hall–Kier alpha value is -1.67. The number of nitrogens with zero attached hydrogens (tertiary/aromatic N) is 4. The fourth-order valence-electron chi connectivity index (χ4n) is 3.59. The first kappa shape index (κ1) is 22.0. The Bertz CT molecular complexity index is 899. The third-order valence-electron chi connectivity index (χ3n) is 5.93. The minimum Gasteiger partial charge on any atom is -0.481 e. The number of aromatic nitrogens is 3. The molecule has 1 aliphatic rings. The van der Waals surface area contributed by atoms with Gasteiger partial charge in [-0.3, -0.25) is 0 Å². The van der Waals surface area contributed by atoms with Crippen LogP contribution in [-0.4, -0.2) is 46.3 Å². The Morgan fingerprint density at radius 3 is 2.48 bits per heavy atom. The van der Waals surface area contributed by atoms with Crippen LogP contribution in [-0.2, 0) is 6.61 Å². The molecule has 9 heteroatoms. The lowest BCUT2D eigenvalue weighted by atomic mass is 9.75. The van der Waals surface area contributed by atoms with Crippen LogP contribution in [0.3, 0.4) is 0 Å². The smallest absolute Gasteiger partial charge is 0.215 e. The van der Waals surface area contributed by atoms with E-state index in [0.29, 0.717) is 34.3 Å². The van der Waals surface area contributed by atoms with Crippen LogP contribution in [0, 0.1) is 12.3 Å². The van der Waals surface area contributed by atoms with Gasteiger partial charge in [-0.1, -0.05) is 30.1 Å². The molecule has 3 N–H and O–H groups in total. The monoisotopic (exact) mass is 439 g/mol. The van der Waals surface area contributed by atoms with Gasteiger partial charge in [0.15, 0.2) is 11.0 Å². The summed E-state index contributed by atoms with van der Waals surface area (Å²) in [5, 5.41) is 10.4. The predicted octanol–water partition coefficient (Wildman–Crippen LogP) is 3.61. The van der Waals surface area contributed by atoms with E-state index < -0.39 is 0 Å². The SMILES string of the molecule is COc1cc(-c2nc(CO)c(N3CCC(C)([C@H](C)N)CC3)nc2C)c(Cl)c(Cl)n1. The first-order valence-electron chi connectivity index (χ1n) is 9.59. The zero-order chi connectivity index (χ0) is 21.3. The minimum absolute atomic E-state index is 0.107. The van der Waals surface area contributed by atoms with Crippen molar-refractivity contribution in [3.05, 3.63) is 27.6 Å². The number of hydrogen-bond donors (Lipinski definition) is 2. The molecule has 0 bridgehead atoms. The fraction of sp³-hybridized carbons (Fsp3) is 0.550. The average Bonchev–Trinajstić information content (AvgIpc) is 2.70. The molecule has 0 amide bonds. The molecule has 158 valence electrons. The van der Waals surface area contributed by atoms with E-state index in [-0.39, 0.29) is 28.2 Å². The Labute approximate surface area is 181 Å².